The van der Waals surface area contributed by atoms with E-state index in [-0.39, 0.29) is 9.23 Å². The van der Waals surface area contributed by atoms with Crippen molar-refractivity contribution in [1.29, 1.82) is 0 Å². The van der Waals surface area contributed by atoms with Crippen LogP contribution in [0.15, 0.2) is 64.2 Å². The summed E-state index contributed by atoms with van der Waals surface area (Å²) in [7, 11) is -2.20. The van der Waals surface area contributed by atoms with Gasteiger partial charge in [0.1, 0.15) is 9.96 Å². The van der Waals surface area contributed by atoms with Crippen LogP contribution in [0.1, 0.15) is 0 Å². The average molecular weight is 529 g/mol. The predicted octanol–water partition coefficient (Wildman–Crippen LogP) is 4.44. The summed E-state index contributed by atoms with van der Waals surface area (Å²) in [6.07, 6.45) is 0. The number of rotatable bonds is 9. The van der Waals surface area contributed by atoms with Crippen LogP contribution < -0.4 is 14.4 Å². The third kappa shape index (κ3) is 6.61. The van der Waals surface area contributed by atoms with Crippen molar-refractivity contribution in [1.82, 2.24) is 0 Å². The lowest BCUT2D eigenvalue weighted by Crippen LogP contribution is -2.25. The molecular formula is C21H18Cl2N2O6S2. The van der Waals surface area contributed by atoms with Crippen LogP contribution in [0.5, 0.6) is 5.75 Å². The first kappa shape index (κ1) is 24.8. The van der Waals surface area contributed by atoms with Gasteiger partial charge in [-0.25, -0.2) is 13.2 Å². The summed E-state index contributed by atoms with van der Waals surface area (Å²) in [5, 5.41) is 4.84. The quantitative estimate of drug-likeness (QED) is 0.412. The molecule has 0 saturated heterocycles. The van der Waals surface area contributed by atoms with Crippen molar-refractivity contribution in [3.63, 3.8) is 0 Å². The number of esters is 1. The van der Waals surface area contributed by atoms with Gasteiger partial charge in [-0.1, -0.05) is 29.3 Å². The standard InChI is InChI=1S/C21H18Cl2N2O6S2/c1-25(33(28,29)21-3-2-10-32-21)15-5-7-16(8-6-15)30-13-20(27)31-12-19(26)24-14-4-9-17(22)18(23)11-14/h2-11H,12-13H2,1H3,(H,24,26). The normalized spacial score (nSPS) is 11.0. The Morgan fingerprint density at radius 2 is 1.76 bits per heavy atom. The maximum Gasteiger partial charge on any atom is 0.344 e. The van der Waals surface area contributed by atoms with Crippen LogP contribution >= 0.6 is 34.5 Å². The van der Waals surface area contributed by atoms with E-state index in [9.17, 15) is 18.0 Å². The fourth-order valence-electron chi connectivity index (χ4n) is 2.54. The molecule has 174 valence electrons. The molecule has 0 radical (unpaired) electrons. The number of carbonyl (C=O) groups is 2. The second-order valence-corrected chi connectivity index (χ2v) is 10.5. The van der Waals surface area contributed by atoms with Crippen LogP contribution in [-0.4, -0.2) is 40.6 Å². The van der Waals surface area contributed by atoms with Crippen molar-refractivity contribution in [2.24, 2.45) is 0 Å². The number of nitrogens with one attached hydrogen (secondary N) is 1. The summed E-state index contributed by atoms with van der Waals surface area (Å²) in [5.74, 6) is -0.972. The Bertz CT molecular complexity index is 1230. The van der Waals surface area contributed by atoms with Crippen LogP contribution in [0.25, 0.3) is 0 Å². The van der Waals surface area contributed by atoms with E-state index in [4.69, 9.17) is 32.7 Å². The lowest BCUT2D eigenvalue weighted by atomic mass is 10.3. The number of halogens is 2. The number of anilines is 2. The predicted molar refractivity (Wildman–Crippen MR) is 128 cm³/mol. The Morgan fingerprint density at radius 3 is 2.39 bits per heavy atom. The molecular weight excluding hydrogens is 511 g/mol. The SMILES string of the molecule is CN(c1ccc(OCC(=O)OCC(=O)Nc2ccc(Cl)c(Cl)c2)cc1)S(=O)(=O)c1cccs1. The first-order valence-corrected chi connectivity index (χ1v) is 12.4. The highest BCUT2D eigenvalue weighted by molar-refractivity contribution is 7.94. The van der Waals surface area contributed by atoms with E-state index in [1.165, 1.54) is 37.4 Å². The molecule has 12 heteroatoms. The molecule has 0 aliphatic carbocycles. The number of thiophene rings is 1. The lowest BCUT2D eigenvalue weighted by molar-refractivity contribution is -0.149. The van der Waals surface area contributed by atoms with Gasteiger partial charge in [0.25, 0.3) is 15.9 Å². The first-order valence-electron chi connectivity index (χ1n) is 9.32. The van der Waals surface area contributed by atoms with Crippen LogP contribution in [0.4, 0.5) is 11.4 Å². The van der Waals surface area contributed by atoms with Crippen molar-refractivity contribution in [3.05, 3.63) is 70.0 Å². The second kappa shape index (κ2) is 10.9. The van der Waals surface area contributed by atoms with Crippen molar-refractivity contribution in [2.75, 3.05) is 29.9 Å². The summed E-state index contributed by atoms with van der Waals surface area (Å²) in [6.45, 7) is -0.935. The molecule has 1 N–H and O–H groups in total. The van der Waals surface area contributed by atoms with Gasteiger partial charge < -0.3 is 14.8 Å². The zero-order valence-electron chi connectivity index (χ0n) is 17.2. The van der Waals surface area contributed by atoms with Gasteiger partial charge in [0, 0.05) is 12.7 Å². The molecule has 0 aliphatic rings. The maximum atomic E-state index is 12.6. The minimum absolute atomic E-state index is 0.233. The van der Waals surface area contributed by atoms with E-state index in [1.807, 2.05) is 0 Å². The summed E-state index contributed by atoms with van der Waals surface area (Å²) in [4.78, 5) is 23.8. The van der Waals surface area contributed by atoms with Crippen molar-refractivity contribution in [2.45, 2.75) is 4.21 Å². The van der Waals surface area contributed by atoms with Gasteiger partial charge in [-0.3, -0.25) is 9.10 Å². The minimum atomic E-state index is -3.64. The van der Waals surface area contributed by atoms with Crippen LogP contribution in [0.3, 0.4) is 0 Å². The van der Waals surface area contributed by atoms with E-state index in [1.54, 1.807) is 29.6 Å². The molecule has 3 rings (SSSR count). The second-order valence-electron chi connectivity index (χ2n) is 6.52. The van der Waals surface area contributed by atoms with Gasteiger partial charge in [0.2, 0.25) is 0 Å². The Labute approximate surface area is 204 Å². The topological polar surface area (TPSA) is 102 Å². The fourth-order valence-corrected chi connectivity index (χ4v) is 5.19. The monoisotopic (exact) mass is 528 g/mol. The number of ether oxygens (including phenoxy) is 2. The van der Waals surface area contributed by atoms with Crippen molar-refractivity contribution >= 4 is 67.8 Å². The number of carbonyl (C=O) groups excluding carboxylic acids is 2. The summed E-state index contributed by atoms with van der Waals surface area (Å²) >= 11 is 12.8. The first-order chi connectivity index (χ1) is 15.7. The Hall–Kier alpha value is -2.79. The third-order valence-electron chi connectivity index (χ3n) is 4.23. The van der Waals surface area contributed by atoms with Gasteiger partial charge in [-0.2, -0.15) is 0 Å². The molecule has 0 saturated carbocycles. The van der Waals surface area contributed by atoms with Gasteiger partial charge in [-0.05, 0) is 53.9 Å². The molecule has 1 aromatic heterocycles. The van der Waals surface area contributed by atoms with Gasteiger partial charge >= 0.3 is 5.97 Å². The summed E-state index contributed by atoms with van der Waals surface area (Å²) in [6, 6.07) is 13.9. The number of nitrogens with zero attached hydrogens (tertiary/aromatic N) is 1. The lowest BCUT2D eigenvalue weighted by Gasteiger charge is -2.18. The highest BCUT2D eigenvalue weighted by Crippen LogP contribution is 2.27. The molecule has 0 aliphatic heterocycles. The average Bonchev–Trinajstić information content (AvgIpc) is 3.34. The van der Waals surface area contributed by atoms with Crippen molar-refractivity contribution < 1.29 is 27.5 Å². The van der Waals surface area contributed by atoms with E-state index in [0.29, 0.717) is 22.1 Å². The molecule has 8 nitrogen and oxygen atoms in total. The van der Waals surface area contributed by atoms with E-state index < -0.39 is 35.1 Å². The third-order valence-corrected chi connectivity index (χ3v) is 8.13. The summed E-state index contributed by atoms with van der Waals surface area (Å²) < 4.78 is 36.7. The highest BCUT2D eigenvalue weighted by Gasteiger charge is 2.22. The van der Waals surface area contributed by atoms with Crippen molar-refractivity contribution in [3.8, 4) is 5.75 Å². The molecule has 1 amide bonds. The molecule has 0 spiro atoms. The number of hydrogen-bond donors (Lipinski definition) is 1. The summed E-state index contributed by atoms with van der Waals surface area (Å²) in [5.41, 5.74) is 0.838. The number of amides is 1. The van der Waals surface area contributed by atoms with Crippen LogP contribution in [0, 0.1) is 0 Å². The largest absolute Gasteiger partial charge is 0.482 e. The van der Waals surface area contributed by atoms with E-state index in [2.05, 4.69) is 5.32 Å². The maximum absolute atomic E-state index is 12.6. The zero-order chi connectivity index (χ0) is 24.0. The number of sulfonamides is 1. The van der Waals surface area contributed by atoms with Crippen LogP contribution in [-0.2, 0) is 24.3 Å². The molecule has 2 aromatic carbocycles. The Kier molecular flexibility index (Phi) is 8.20. The number of hydrogen-bond acceptors (Lipinski definition) is 7. The molecule has 1 heterocycles. The zero-order valence-corrected chi connectivity index (χ0v) is 20.3. The van der Waals surface area contributed by atoms with Gasteiger partial charge in [0.05, 0.1) is 15.7 Å². The van der Waals surface area contributed by atoms with E-state index in [0.717, 1.165) is 15.6 Å². The molecule has 0 atom stereocenters. The molecule has 33 heavy (non-hydrogen) atoms. The van der Waals surface area contributed by atoms with Gasteiger partial charge in [0.15, 0.2) is 13.2 Å². The molecule has 0 fully saturated rings. The molecule has 3 aromatic rings. The smallest absolute Gasteiger partial charge is 0.344 e. The Balaban J connectivity index is 1.46. The Morgan fingerprint density at radius 1 is 1.03 bits per heavy atom. The number of benzene rings is 2. The van der Waals surface area contributed by atoms with E-state index >= 15 is 0 Å². The van der Waals surface area contributed by atoms with Gasteiger partial charge in [-0.15, -0.1) is 11.3 Å². The highest BCUT2D eigenvalue weighted by atomic mass is 35.5. The van der Waals surface area contributed by atoms with Crippen LogP contribution in [0.2, 0.25) is 10.0 Å². The molecule has 0 unspecified atom stereocenters. The fraction of sp³-hybridized carbons (Fsp3) is 0.143. The minimum Gasteiger partial charge on any atom is -0.482 e. The molecule has 0 bridgehead atoms.